The number of hydrogen-bond acceptors (Lipinski definition) is 3. The molecule has 0 aliphatic rings. The summed E-state index contributed by atoms with van der Waals surface area (Å²) in [6.45, 7) is 2.42. The lowest BCUT2D eigenvalue weighted by Crippen LogP contribution is -2.33. The van der Waals surface area contributed by atoms with E-state index in [4.69, 9.17) is 5.11 Å². The molecular weight excluding hydrogens is 207 g/mol. The fraction of sp³-hybridized carbons (Fsp3) is 0.500. The van der Waals surface area contributed by atoms with Gasteiger partial charge in [0.15, 0.2) is 0 Å². The van der Waals surface area contributed by atoms with Crippen LogP contribution in [0.5, 0.6) is 0 Å². The number of rotatable bonds is 5. The Kier molecular flexibility index (Phi) is 4.71. The van der Waals surface area contributed by atoms with Gasteiger partial charge in [-0.05, 0) is 26.1 Å². The number of anilines is 1. The first-order valence-electron chi connectivity index (χ1n) is 5.37. The maximum atomic E-state index is 13.6. The van der Waals surface area contributed by atoms with E-state index in [0.29, 0.717) is 12.1 Å². The van der Waals surface area contributed by atoms with E-state index >= 15 is 0 Å². The van der Waals surface area contributed by atoms with Gasteiger partial charge in [0.1, 0.15) is 5.82 Å². The predicted octanol–water partition coefficient (Wildman–Crippen LogP) is 1.36. The van der Waals surface area contributed by atoms with Crippen molar-refractivity contribution in [2.75, 3.05) is 25.6 Å². The van der Waals surface area contributed by atoms with Crippen molar-refractivity contribution in [2.45, 2.75) is 19.5 Å². The van der Waals surface area contributed by atoms with Crippen molar-refractivity contribution in [1.29, 1.82) is 0 Å². The number of likely N-dealkylation sites (N-methyl/N-ethyl adjacent to an activating group) is 1. The highest BCUT2D eigenvalue weighted by Crippen LogP contribution is 2.23. The molecule has 16 heavy (non-hydrogen) atoms. The lowest BCUT2D eigenvalue weighted by Gasteiger charge is -2.27. The second kappa shape index (κ2) is 5.82. The first-order valence-corrected chi connectivity index (χ1v) is 5.37. The van der Waals surface area contributed by atoms with E-state index in [-0.39, 0.29) is 18.5 Å². The van der Waals surface area contributed by atoms with Crippen molar-refractivity contribution in [3.63, 3.8) is 0 Å². The largest absolute Gasteiger partial charge is 0.394 e. The summed E-state index contributed by atoms with van der Waals surface area (Å²) in [4.78, 5) is 1.88. The summed E-state index contributed by atoms with van der Waals surface area (Å²) in [5.74, 6) is -0.219. The van der Waals surface area contributed by atoms with Crippen LogP contribution in [0.4, 0.5) is 10.1 Å². The van der Waals surface area contributed by atoms with E-state index in [1.807, 2.05) is 24.9 Å². The van der Waals surface area contributed by atoms with E-state index in [1.165, 1.54) is 6.07 Å². The third-order valence-electron chi connectivity index (χ3n) is 2.75. The van der Waals surface area contributed by atoms with Gasteiger partial charge in [0, 0.05) is 30.9 Å². The van der Waals surface area contributed by atoms with Gasteiger partial charge in [-0.25, -0.2) is 4.39 Å². The van der Waals surface area contributed by atoms with Crippen LogP contribution < -0.4 is 10.2 Å². The van der Waals surface area contributed by atoms with Gasteiger partial charge in [0.2, 0.25) is 0 Å². The third kappa shape index (κ3) is 2.71. The highest BCUT2D eigenvalue weighted by Gasteiger charge is 2.14. The van der Waals surface area contributed by atoms with Crippen LogP contribution in [0.25, 0.3) is 0 Å². The van der Waals surface area contributed by atoms with Gasteiger partial charge in [0.25, 0.3) is 0 Å². The van der Waals surface area contributed by atoms with Crippen LogP contribution in [0.3, 0.4) is 0 Å². The van der Waals surface area contributed by atoms with Gasteiger partial charge in [-0.2, -0.15) is 0 Å². The van der Waals surface area contributed by atoms with Crippen LogP contribution in [-0.2, 0) is 6.54 Å². The van der Waals surface area contributed by atoms with Crippen LogP contribution in [0.1, 0.15) is 12.5 Å². The molecule has 0 amide bonds. The minimum atomic E-state index is -0.219. The minimum Gasteiger partial charge on any atom is -0.394 e. The summed E-state index contributed by atoms with van der Waals surface area (Å²) in [6.07, 6.45) is 0. The molecule has 1 rings (SSSR count). The Bertz CT molecular complexity index is 344. The van der Waals surface area contributed by atoms with Crippen molar-refractivity contribution < 1.29 is 9.50 Å². The zero-order chi connectivity index (χ0) is 12.1. The number of nitrogens with one attached hydrogen (secondary N) is 1. The SMILES string of the molecule is CNCc1c(F)cccc1N(C)C(C)CO. The molecule has 1 aromatic rings. The molecule has 0 bridgehead atoms. The Morgan fingerprint density at radius 2 is 2.19 bits per heavy atom. The number of hydrogen-bond donors (Lipinski definition) is 2. The zero-order valence-electron chi connectivity index (χ0n) is 10.00. The summed E-state index contributed by atoms with van der Waals surface area (Å²) in [6, 6.07) is 4.97. The fourth-order valence-electron chi connectivity index (χ4n) is 1.59. The Morgan fingerprint density at radius 3 is 2.75 bits per heavy atom. The first kappa shape index (κ1) is 12.9. The van der Waals surface area contributed by atoms with Crippen molar-refractivity contribution in [1.82, 2.24) is 5.32 Å². The summed E-state index contributed by atoms with van der Waals surface area (Å²) in [5, 5.41) is 12.1. The summed E-state index contributed by atoms with van der Waals surface area (Å²) < 4.78 is 13.6. The molecule has 0 saturated heterocycles. The van der Waals surface area contributed by atoms with Crippen LogP contribution in [0.2, 0.25) is 0 Å². The van der Waals surface area contributed by atoms with E-state index in [1.54, 1.807) is 13.1 Å². The van der Waals surface area contributed by atoms with E-state index in [0.717, 1.165) is 5.69 Å². The highest BCUT2D eigenvalue weighted by atomic mass is 19.1. The maximum Gasteiger partial charge on any atom is 0.129 e. The Hall–Kier alpha value is -1.13. The molecule has 0 aliphatic carbocycles. The van der Waals surface area contributed by atoms with Gasteiger partial charge in [-0.15, -0.1) is 0 Å². The molecule has 0 saturated carbocycles. The standard InChI is InChI=1S/C12H19FN2O/c1-9(8-16)15(3)12-6-4-5-11(13)10(12)7-14-2/h4-6,9,14,16H,7-8H2,1-3H3. The molecule has 0 aromatic heterocycles. The van der Waals surface area contributed by atoms with Crippen molar-refractivity contribution in [3.05, 3.63) is 29.6 Å². The number of aliphatic hydroxyl groups is 1. The van der Waals surface area contributed by atoms with E-state index in [9.17, 15) is 4.39 Å². The molecule has 4 heteroatoms. The number of aliphatic hydroxyl groups excluding tert-OH is 1. The number of halogens is 1. The number of benzene rings is 1. The Morgan fingerprint density at radius 1 is 1.50 bits per heavy atom. The quantitative estimate of drug-likeness (QED) is 0.796. The molecule has 2 N–H and O–H groups in total. The average molecular weight is 226 g/mol. The molecule has 1 unspecified atom stereocenters. The Labute approximate surface area is 95.9 Å². The lowest BCUT2D eigenvalue weighted by molar-refractivity contribution is 0.270. The molecule has 0 fully saturated rings. The summed E-state index contributed by atoms with van der Waals surface area (Å²) >= 11 is 0. The number of nitrogens with zero attached hydrogens (tertiary/aromatic N) is 1. The first-order chi connectivity index (χ1) is 7.61. The predicted molar refractivity (Wildman–Crippen MR) is 64.1 cm³/mol. The van der Waals surface area contributed by atoms with Crippen molar-refractivity contribution in [2.24, 2.45) is 0 Å². The smallest absolute Gasteiger partial charge is 0.129 e. The van der Waals surface area contributed by atoms with Crippen LogP contribution in [0, 0.1) is 5.82 Å². The van der Waals surface area contributed by atoms with Gasteiger partial charge < -0.3 is 15.3 Å². The van der Waals surface area contributed by atoms with Gasteiger partial charge in [0.05, 0.1) is 6.61 Å². The summed E-state index contributed by atoms with van der Waals surface area (Å²) in [5.41, 5.74) is 1.45. The van der Waals surface area contributed by atoms with Crippen LogP contribution >= 0.6 is 0 Å². The monoisotopic (exact) mass is 226 g/mol. The highest BCUT2D eigenvalue weighted by molar-refractivity contribution is 5.54. The zero-order valence-corrected chi connectivity index (χ0v) is 10.00. The summed E-state index contributed by atoms with van der Waals surface area (Å²) in [7, 11) is 3.64. The van der Waals surface area contributed by atoms with Gasteiger partial charge >= 0.3 is 0 Å². The van der Waals surface area contributed by atoms with Crippen molar-refractivity contribution >= 4 is 5.69 Å². The van der Waals surface area contributed by atoms with Crippen LogP contribution in [-0.4, -0.2) is 31.9 Å². The Balaban J connectivity index is 3.06. The van der Waals surface area contributed by atoms with Gasteiger partial charge in [-0.1, -0.05) is 6.07 Å². The molecule has 90 valence electrons. The van der Waals surface area contributed by atoms with E-state index < -0.39 is 0 Å². The molecule has 1 aromatic carbocycles. The second-order valence-electron chi connectivity index (χ2n) is 3.91. The van der Waals surface area contributed by atoms with E-state index in [2.05, 4.69) is 5.32 Å². The molecule has 3 nitrogen and oxygen atoms in total. The molecule has 0 aliphatic heterocycles. The van der Waals surface area contributed by atoms with Gasteiger partial charge in [-0.3, -0.25) is 0 Å². The lowest BCUT2D eigenvalue weighted by atomic mass is 10.1. The molecule has 0 spiro atoms. The maximum absolute atomic E-state index is 13.6. The van der Waals surface area contributed by atoms with Crippen molar-refractivity contribution in [3.8, 4) is 0 Å². The molecule has 0 heterocycles. The van der Waals surface area contributed by atoms with Crippen LogP contribution in [0.15, 0.2) is 18.2 Å². The second-order valence-corrected chi connectivity index (χ2v) is 3.91. The minimum absolute atomic E-state index is 0.0302. The topological polar surface area (TPSA) is 35.5 Å². The molecule has 1 atom stereocenters. The fourth-order valence-corrected chi connectivity index (χ4v) is 1.59. The molecule has 0 radical (unpaired) electrons. The average Bonchev–Trinajstić information content (AvgIpc) is 2.30. The normalized spacial score (nSPS) is 12.6. The third-order valence-corrected chi connectivity index (χ3v) is 2.75. The molecular formula is C12H19FN2O.